The number of thioether (sulfide) groups is 1. The normalized spacial score (nSPS) is 15.7. The predicted octanol–water partition coefficient (Wildman–Crippen LogP) is 5.62. The number of rotatable bonds is 6. The molecule has 1 aliphatic rings. The monoisotopic (exact) mass is 493 g/mol. The number of carbonyl (C=O) groups is 2. The lowest BCUT2D eigenvalue weighted by Gasteiger charge is -2.10. The van der Waals surface area contributed by atoms with Gasteiger partial charge in [-0.15, -0.1) is 0 Å². The molecule has 0 bridgehead atoms. The smallest absolute Gasteiger partial charge is 0.293 e. The van der Waals surface area contributed by atoms with Crippen LogP contribution in [0.25, 0.3) is 6.08 Å². The Morgan fingerprint density at radius 3 is 2.70 bits per heavy atom. The van der Waals surface area contributed by atoms with Gasteiger partial charge >= 0.3 is 0 Å². The van der Waals surface area contributed by atoms with Crippen molar-refractivity contribution in [1.29, 1.82) is 0 Å². The Balaban J connectivity index is 1.71. The van der Waals surface area contributed by atoms with Crippen molar-refractivity contribution < 1.29 is 14.3 Å². The average molecular weight is 493 g/mol. The van der Waals surface area contributed by atoms with Crippen LogP contribution >= 0.6 is 34.4 Å². The molecule has 3 rings (SSSR count). The molecular formula is C21H20INO3S. The van der Waals surface area contributed by atoms with Crippen LogP contribution in [0.3, 0.4) is 0 Å². The van der Waals surface area contributed by atoms with Crippen LogP contribution in [0.5, 0.6) is 5.75 Å². The number of benzene rings is 2. The zero-order valence-corrected chi connectivity index (χ0v) is 18.2. The van der Waals surface area contributed by atoms with Gasteiger partial charge in [-0.25, -0.2) is 0 Å². The van der Waals surface area contributed by atoms with Crippen LogP contribution < -0.4 is 4.74 Å². The maximum absolute atomic E-state index is 12.3. The number of amides is 2. The van der Waals surface area contributed by atoms with Gasteiger partial charge in [0.1, 0.15) is 12.4 Å². The number of nitrogens with zero attached hydrogens (tertiary/aromatic N) is 1. The predicted molar refractivity (Wildman–Crippen MR) is 118 cm³/mol. The van der Waals surface area contributed by atoms with Gasteiger partial charge < -0.3 is 4.74 Å². The standard InChI is InChI=1S/C21H20INO3S/c1-3-9-23-20(24)19(27-21(23)25)12-15-7-8-18(17(22)11-15)26-13-16-6-4-5-14(2)10-16/h4-8,10-12H,3,9,13H2,1-2H3/b19-12+. The second-order valence-corrected chi connectivity index (χ2v) is 8.46. The Bertz CT molecular complexity index is 910. The van der Waals surface area contributed by atoms with Gasteiger partial charge in [-0.3, -0.25) is 14.5 Å². The van der Waals surface area contributed by atoms with Crippen molar-refractivity contribution >= 4 is 51.6 Å². The molecule has 0 aromatic heterocycles. The zero-order valence-electron chi connectivity index (χ0n) is 15.2. The molecule has 2 aromatic rings. The summed E-state index contributed by atoms with van der Waals surface area (Å²) in [5, 5.41) is -0.194. The molecule has 27 heavy (non-hydrogen) atoms. The van der Waals surface area contributed by atoms with Crippen LogP contribution in [0.1, 0.15) is 30.0 Å². The van der Waals surface area contributed by atoms with Crippen LogP contribution in [0.2, 0.25) is 0 Å². The first kappa shape index (κ1) is 19.9. The third kappa shape index (κ3) is 4.93. The van der Waals surface area contributed by atoms with Crippen LogP contribution in [0.4, 0.5) is 4.79 Å². The van der Waals surface area contributed by atoms with E-state index >= 15 is 0 Å². The van der Waals surface area contributed by atoms with Crippen molar-refractivity contribution in [3.05, 3.63) is 67.6 Å². The van der Waals surface area contributed by atoms with Crippen molar-refractivity contribution in [3.8, 4) is 5.75 Å². The number of ether oxygens (including phenoxy) is 1. The van der Waals surface area contributed by atoms with E-state index in [1.807, 2.05) is 37.3 Å². The van der Waals surface area contributed by atoms with Crippen molar-refractivity contribution in [2.24, 2.45) is 0 Å². The van der Waals surface area contributed by atoms with E-state index in [0.29, 0.717) is 18.1 Å². The lowest BCUT2D eigenvalue weighted by molar-refractivity contribution is -0.122. The van der Waals surface area contributed by atoms with Crippen molar-refractivity contribution in [1.82, 2.24) is 4.90 Å². The fourth-order valence-corrected chi connectivity index (χ4v) is 4.31. The van der Waals surface area contributed by atoms with Crippen LogP contribution in [-0.4, -0.2) is 22.6 Å². The Hall–Kier alpha value is -1.80. The maximum Gasteiger partial charge on any atom is 0.293 e. The van der Waals surface area contributed by atoms with Crippen LogP contribution in [-0.2, 0) is 11.4 Å². The molecule has 140 valence electrons. The van der Waals surface area contributed by atoms with Gasteiger partial charge in [0.15, 0.2) is 0 Å². The van der Waals surface area contributed by atoms with E-state index in [-0.39, 0.29) is 11.1 Å². The number of halogens is 1. The summed E-state index contributed by atoms with van der Waals surface area (Å²) in [4.78, 5) is 26.1. The minimum atomic E-state index is -0.207. The highest BCUT2D eigenvalue weighted by Gasteiger charge is 2.34. The average Bonchev–Trinajstić information content (AvgIpc) is 2.89. The SMILES string of the molecule is CCCN1C(=O)S/C(=C/c2ccc(OCc3cccc(C)c3)c(I)c2)C1=O. The lowest BCUT2D eigenvalue weighted by Crippen LogP contribution is -2.28. The van der Waals surface area contributed by atoms with Crippen LogP contribution in [0, 0.1) is 10.5 Å². The first-order valence-electron chi connectivity index (χ1n) is 8.71. The topological polar surface area (TPSA) is 46.6 Å². The number of carbonyl (C=O) groups excluding carboxylic acids is 2. The second-order valence-electron chi connectivity index (χ2n) is 6.30. The summed E-state index contributed by atoms with van der Waals surface area (Å²) in [6.45, 7) is 4.98. The zero-order chi connectivity index (χ0) is 19.4. The first-order valence-corrected chi connectivity index (χ1v) is 10.6. The summed E-state index contributed by atoms with van der Waals surface area (Å²) in [5.74, 6) is 0.593. The largest absolute Gasteiger partial charge is 0.488 e. The molecule has 0 unspecified atom stereocenters. The van der Waals surface area contributed by atoms with E-state index in [1.165, 1.54) is 10.5 Å². The Kier molecular flexibility index (Phi) is 6.59. The summed E-state index contributed by atoms with van der Waals surface area (Å²) < 4.78 is 6.89. The summed E-state index contributed by atoms with van der Waals surface area (Å²) in [5.41, 5.74) is 3.21. The van der Waals surface area contributed by atoms with Gasteiger partial charge in [0.2, 0.25) is 0 Å². The number of aryl methyl sites for hydroxylation is 1. The van der Waals surface area contributed by atoms with Gasteiger partial charge in [0.25, 0.3) is 11.1 Å². The van der Waals surface area contributed by atoms with Gasteiger partial charge in [0.05, 0.1) is 8.48 Å². The Labute approximate surface area is 177 Å². The van der Waals surface area contributed by atoms with Gasteiger partial charge in [-0.1, -0.05) is 42.8 Å². The first-order chi connectivity index (χ1) is 13.0. The number of hydrogen-bond acceptors (Lipinski definition) is 4. The summed E-state index contributed by atoms with van der Waals surface area (Å²) in [6, 6.07) is 14.0. The quantitative estimate of drug-likeness (QED) is 0.387. The fourth-order valence-electron chi connectivity index (χ4n) is 2.75. The number of hydrogen-bond donors (Lipinski definition) is 0. The highest BCUT2D eigenvalue weighted by molar-refractivity contribution is 14.1. The van der Waals surface area contributed by atoms with E-state index in [4.69, 9.17) is 4.74 Å². The molecule has 0 saturated carbocycles. The summed E-state index contributed by atoms with van der Waals surface area (Å²) >= 11 is 3.23. The van der Waals surface area contributed by atoms with Crippen LogP contribution in [0.15, 0.2) is 47.4 Å². The maximum atomic E-state index is 12.3. The molecule has 2 amide bonds. The molecule has 1 heterocycles. The van der Waals surface area contributed by atoms with Gasteiger partial charge in [-0.05, 0) is 77.0 Å². The van der Waals surface area contributed by atoms with E-state index in [1.54, 1.807) is 6.08 Å². The molecule has 4 nitrogen and oxygen atoms in total. The minimum Gasteiger partial charge on any atom is -0.488 e. The Morgan fingerprint density at radius 1 is 1.19 bits per heavy atom. The van der Waals surface area contributed by atoms with E-state index in [9.17, 15) is 9.59 Å². The third-order valence-electron chi connectivity index (χ3n) is 4.05. The second kappa shape index (κ2) is 8.93. The molecule has 2 aromatic carbocycles. The molecule has 1 saturated heterocycles. The van der Waals surface area contributed by atoms with Crippen molar-refractivity contribution in [2.45, 2.75) is 26.9 Å². The summed E-state index contributed by atoms with van der Waals surface area (Å²) in [6.07, 6.45) is 2.53. The van der Waals surface area contributed by atoms with Crippen molar-refractivity contribution in [3.63, 3.8) is 0 Å². The molecule has 0 spiro atoms. The molecule has 6 heteroatoms. The van der Waals surface area contributed by atoms with Gasteiger partial charge in [-0.2, -0.15) is 0 Å². The fraction of sp³-hybridized carbons (Fsp3) is 0.238. The highest BCUT2D eigenvalue weighted by atomic mass is 127. The lowest BCUT2D eigenvalue weighted by atomic mass is 10.1. The van der Waals surface area contributed by atoms with E-state index in [0.717, 1.165) is 38.6 Å². The molecule has 0 aliphatic carbocycles. The third-order valence-corrected chi connectivity index (χ3v) is 5.80. The molecular weight excluding hydrogens is 473 g/mol. The Morgan fingerprint density at radius 2 is 2.00 bits per heavy atom. The highest BCUT2D eigenvalue weighted by Crippen LogP contribution is 2.33. The number of imide groups is 1. The summed E-state index contributed by atoms with van der Waals surface area (Å²) in [7, 11) is 0. The molecule has 0 atom stereocenters. The van der Waals surface area contributed by atoms with Crippen molar-refractivity contribution in [2.75, 3.05) is 6.54 Å². The van der Waals surface area contributed by atoms with Gasteiger partial charge in [0, 0.05) is 6.54 Å². The minimum absolute atomic E-state index is 0.194. The van der Waals surface area contributed by atoms with E-state index in [2.05, 4.69) is 41.6 Å². The molecule has 1 aliphatic heterocycles. The molecule has 0 N–H and O–H groups in total. The molecule has 1 fully saturated rings. The molecule has 0 radical (unpaired) electrons. The van der Waals surface area contributed by atoms with E-state index < -0.39 is 0 Å².